The number of rotatable bonds is 7. The summed E-state index contributed by atoms with van der Waals surface area (Å²) in [7, 11) is 0. The van der Waals surface area contributed by atoms with Gasteiger partial charge >= 0.3 is 5.97 Å². The maximum atomic E-state index is 13.3. The number of nitrogens with zero attached hydrogens (tertiary/aromatic N) is 1. The van der Waals surface area contributed by atoms with Crippen LogP contribution in [0.1, 0.15) is 65.7 Å². The fraction of sp³-hybridized carbons (Fsp3) is 0.696. The molecule has 0 aliphatic heterocycles. The van der Waals surface area contributed by atoms with Crippen molar-refractivity contribution in [1.82, 2.24) is 0 Å². The molecule has 0 radical (unpaired) electrons. The Morgan fingerprint density at radius 3 is 2.52 bits per heavy atom. The molecule has 2 saturated carbocycles. The summed E-state index contributed by atoms with van der Waals surface area (Å²) in [4.78, 5) is 24.3. The molecule has 1 N–H and O–H groups in total. The number of nitrogens with one attached hydrogen (secondary N) is 1. The van der Waals surface area contributed by atoms with Crippen LogP contribution in [0.4, 0.5) is 11.4 Å². The van der Waals surface area contributed by atoms with E-state index < -0.39 is 11.0 Å². The average Bonchev–Trinajstić information content (AvgIpc) is 3.20. The van der Waals surface area contributed by atoms with Gasteiger partial charge in [0.05, 0.1) is 4.92 Å². The van der Waals surface area contributed by atoms with E-state index in [1.807, 2.05) is 0 Å². The second-order valence-electron chi connectivity index (χ2n) is 9.24. The first-order valence-corrected chi connectivity index (χ1v) is 11.1. The molecule has 0 bridgehead atoms. The van der Waals surface area contributed by atoms with Crippen molar-refractivity contribution < 1.29 is 14.5 Å². The van der Waals surface area contributed by atoms with Crippen molar-refractivity contribution in [2.45, 2.75) is 77.9 Å². The minimum absolute atomic E-state index is 0.00496. The number of esters is 1. The van der Waals surface area contributed by atoms with E-state index in [-0.39, 0.29) is 23.7 Å². The monoisotopic (exact) mass is 402 g/mol. The Labute approximate surface area is 173 Å². The number of nitro groups is 1. The Morgan fingerprint density at radius 1 is 1.17 bits per heavy atom. The predicted octanol–water partition coefficient (Wildman–Crippen LogP) is 5.57. The van der Waals surface area contributed by atoms with Gasteiger partial charge in [-0.25, -0.2) is 4.79 Å². The molecule has 160 valence electrons. The zero-order valence-corrected chi connectivity index (χ0v) is 17.8. The second kappa shape index (κ2) is 9.59. The first kappa shape index (κ1) is 21.6. The molecule has 0 amide bonds. The smallest absolute Gasteiger partial charge is 0.329 e. The highest BCUT2D eigenvalue weighted by molar-refractivity contribution is 5.81. The van der Waals surface area contributed by atoms with E-state index >= 15 is 0 Å². The lowest BCUT2D eigenvalue weighted by atomic mass is 9.75. The van der Waals surface area contributed by atoms with E-state index in [9.17, 15) is 14.9 Å². The van der Waals surface area contributed by atoms with E-state index in [0.717, 1.165) is 38.5 Å². The zero-order chi connectivity index (χ0) is 21.0. The molecule has 0 saturated heterocycles. The normalized spacial score (nSPS) is 26.3. The molecular weight excluding hydrogens is 368 g/mol. The number of hydrogen-bond donors (Lipinski definition) is 1. The molecule has 2 aliphatic carbocycles. The third-order valence-electron chi connectivity index (χ3n) is 6.77. The van der Waals surface area contributed by atoms with Gasteiger partial charge in [-0.3, -0.25) is 10.1 Å². The molecule has 6 nitrogen and oxygen atoms in total. The van der Waals surface area contributed by atoms with Crippen LogP contribution < -0.4 is 5.32 Å². The van der Waals surface area contributed by atoms with Gasteiger partial charge in [0, 0.05) is 6.07 Å². The maximum Gasteiger partial charge on any atom is 0.329 e. The van der Waals surface area contributed by atoms with Crippen molar-refractivity contribution in [1.29, 1.82) is 0 Å². The lowest BCUT2D eigenvalue weighted by Crippen LogP contribution is -2.43. The fourth-order valence-electron chi connectivity index (χ4n) is 5.06. The summed E-state index contributed by atoms with van der Waals surface area (Å²) in [5, 5.41) is 14.6. The van der Waals surface area contributed by atoms with E-state index in [2.05, 4.69) is 26.1 Å². The Morgan fingerprint density at radius 2 is 1.86 bits per heavy atom. The van der Waals surface area contributed by atoms with Gasteiger partial charge in [0.15, 0.2) is 0 Å². The number of anilines is 1. The summed E-state index contributed by atoms with van der Waals surface area (Å²) in [6, 6.07) is 6.00. The number of nitro benzene ring substituents is 1. The van der Waals surface area contributed by atoms with Crippen molar-refractivity contribution in [3.63, 3.8) is 0 Å². The highest BCUT2D eigenvalue weighted by atomic mass is 16.6. The quantitative estimate of drug-likeness (QED) is 0.366. The van der Waals surface area contributed by atoms with Crippen LogP contribution >= 0.6 is 0 Å². The van der Waals surface area contributed by atoms with Crippen LogP contribution in [0.15, 0.2) is 24.3 Å². The molecule has 0 aromatic heterocycles. The van der Waals surface area contributed by atoms with Gasteiger partial charge in [0.25, 0.3) is 5.69 Å². The molecule has 4 atom stereocenters. The first-order chi connectivity index (χ1) is 13.9. The number of hydrogen-bond acceptors (Lipinski definition) is 5. The van der Waals surface area contributed by atoms with Gasteiger partial charge in [-0.2, -0.15) is 0 Å². The predicted molar refractivity (Wildman–Crippen MR) is 114 cm³/mol. The van der Waals surface area contributed by atoms with Crippen LogP contribution in [0.2, 0.25) is 0 Å². The third-order valence-corrected chi connectivity index (χ3v) is 6.77. The average molecular weight is 403 g/mol. The standard InChI is InChI=1S/C23H34N2O4/c1-15(2)18-13-12-16(3)14-21(18)29-23(26)22(17-8-4-5-9-17)24-19-10-6-7-11-20(19)25(27)28/h6-7,10-11,15-18,21-22,24H,4-5,8-9,12-14H2,1-3H3/t16-,18?,21-,22-/m1/s1. The van der Waals surface area contributed by atoms with Crippen LogP contribution in [0.3, 0.4) is 0 Å². The van der Waals surface area contributed by atoms with Gasteiger partial charge in [0.2, 0.25) is 0 Å². The molecular formula is C23H34N2O4. The zero-order valence-electron chi connectivity index (χ0n) is 17.8. The van der Waals surface area contributed by atoms with Crippen molar-refractivity contribution >= 4 is 17.3 Å². The molecule has 0 heterocycles. The number of para-hydroxylation sites is 2. The van der Waals surface area contributed by atoms with Crippen LogP contribution in [0.25, 0.3) is 0 Å². The number of carbonyl (C=O) groups excluding carboxylic acids is 1. The lowest BCUT2D eigenvalue weighted by Gasteiger charge is -2.38. The van der Waals surface area contributed by atoms with Gasteiger partial charge in [0.1, 0.15) is 17.8 Å². The topological polar surface area (TPSA) is 81.5 Å². The first-order valence-electron chi connectivity index (χ1n) is 11.1. The fourth-order valence-corrected chi connectivity index (χ4v) is 5.06. The molecule has 2 fully saturated rings. The third kappa shape index (κ3) is 5.28. The maximum absolute atomic E-state index is 13.3. The molecule has 3 rings (SSSR count). The SMILES string of the molecule is CC(C)C1CC[C@@H](C)C[C@H]1OC(=O)[C@H](Nc1ccccc1[N+](=O)[O-])C1CCCC1. The Hall–Kier alpha value is -2.11. The van der Waals surface area contributed by atoms with Gasteiger partial charge in [-0.05, 0) is 55.4 Å². The Kier molecular flexibility index (Phi) is 7.14. The summed E-state index contributed by atoms with van der Waals surface area (Å²) in [5.74, 6) is 1.30. The van der Waals surface area contributed by atoms with Crippen LogP contribution in [-0.2, 0) is 9.53 Å². The summed E-state index contributed by atoms with van der Waals surface area (Å²) in [5.41, 5.74) is 0.387. The molecule has 29 heavy (non-hydrogen) atoms. The summed E-state index contributed by atoms with van der Waals surface area (Å²) in [6.45, 7) is 6.61. The minimum Gasteiger partial charge on any atom is -0.461 e. The summed E-state index contributed by atoms with van der Waals surface area (Å²) >= 11 is 0. The molecule has 1 aromatic rings. The van der Waals surface area contributed by atoms with E-state index in [1.54, 1.807) is 18.2 Å². The molecule has 1 unspecified atom stereocenters. The second-order valence-corrected chi connectivity index (χ2v) is 9.24. The van der Waals surface area contributed by atoms with E-state index in [0.29, 0.717) is 23.4 Å². The highest BCUT2D eigenvalue weighted by Crippen LogP contribution is 2.37. The number of benzene rings is 1. The van der Waals surface area contributed by atoms with Gasteiger partial charge in [-0.15, -0.1) is 0 Å². The molecule has 0 spiro atoms. The van der Waals surface area contributed by atoms with Gasteiger partial charge in [-0.1, -0.05) is 52.2 Å². The molecule has 6 heteroatoms. The van der Waals surface area contributed by atoms with Crippen molar-refractivity contribution in [3.8, 4) is 0 Å². The largest absolute Gasteiger partial charge is 0.461 e. The van der Waals surface area contributed by atoms with E-state index in [1.165, 1.54) is 12.5 Å². The number of ether oxygens (including phenoxy) is 1. The summed E-state index contributed by atoms with van der Waals surface area (Å²) in [6.07, 6.45) is 7.16. The van der Waals surface area contributed by atoms with E-state index in [4.69, 9.17) is 4.74 Å². The van der Waals surface area contributed by atoms with Gasteiger partial charge < -0.3 is 10.1 Å². The molecule has 1 aromatic carbocycles. The van der Waals surface area contributed by atoms with Crippen molar-refractivity contribution in [3.05, 3.63) is 34.4 Å². The summed E-state index contributed by atoms with van der Waals surface area (Å²) < 4.78 is 6.11. The minimum atomic E-state index is -0.538. The lowest BCUT2D eigenvalue weighted by molar-refractivity contribution is -0.384. The van der Waals surface area contributed by atoms with Crippen LogP contribution in [0.5, 0.6) is 0 Å². The van der Waals surface area contributed by atoms with Crippen molar-refractivity contribution in [2.75, 3.05) is 5.32 Å². The van der Waals surface area contributed by atoms with Crippen LogP contribution in [-0.4, -0.2) is 23.0 Å². The highest BCUT2D eigenvalue weighted by Gasteiger charge is 2.38. The van der Waals surface area contributed by atoms with Crippen molar-refractivity contribution in [2.24, 2.45) is 23.7 Å². The Balaban J connectivity index is 1.79. The van der Waals surface area contributed by atoms with Crippen LogP contribution in [0, 0.1) is 33.8 Å². The number of carbonyl (C=O) groups is 1. The molecule has 2 aliphatic rings. The Bertz CT molecular complexity index is 715.